The van der Waals surface area contributed by atoms with Crippen molar-refractivity contribution in [1.29, 1.82) is 0 Å². The minimum Gasteiger partial charge on any atom is -0.460 e. The molecular weight excluding hydrogens is 372 g/mol. The summed E-state index contributed by atoms with van der Waals surface area (Å²) in [5.41, 5.74) is 8.39. The third kappa shape index (κ3) is 4.71. The van der Waals surface area contributed by atoms with E-state index in [4.69, 9.17) is 15.6 Å². The molecule has 1 saturated carbocycles. The lowest BCUT2D eigenvalue weighted by atomic mass is 9.80. The van der Waals surface area contributed by atoms with E-state index < -0.39 is 5.97 Å². The summed E-state index contributed by atoms with van der Waals surface area (Å²) in [6, 6.07) is 3.65. The van der Waals surface area contributed by atoms with Gasteiger partial charge in [0.15, 0.2) is 0 Å². The van der Waals surface area contributed by atoms with Crippen molar-refractivity contribution in [2.45, 2.75) is 45.1 Å². The van der Waals surface area contributed by atoms with Gasteiger partial charge in [-0.15, -0.1) is 0 Å². The molecule has 1 aromatic rings. The largest absolute Gasteiger partial charge is 0.460 e. The van der Waals surface area contributed by atoms with Gasteiger partial charge in [0.25, 0.3) is 0 Å². The quantitative estimate of drug-likeness (QED) is 0.483. The van der Waals surface area contributed by atoms with Crippen LogP contribution in [0.1, 0.15) is 61.0 Å². The predicted molar refractivity (Wildman–Crippen MR) is 98.9 cm³/mol. The number of hydrogen-bond donors (Lipinski definition) is 3. The molecule has 0 saturated heterocycles. The van der Waals surface area contributed by atoms with Crippen molar-refractivity contribution in [2.24, 2.45) is 5.92 Å². The minimum atomic E-state index is -0.440. The lowest BCUT2D eigenvalue weighted by Gasteiger charge is -2.32. The molecule has 1 fully saturated rings. The summed E-state index contributed by atoms with van der Waals surface area (Å²) >= 11 is 3.47. The number of ether oxygens (including phenoxy) is 1. The Morgan fingerprint density at radius 2 is 2.12 bits per heavy atom. The van der Waals surface area contributed by atoms with E-state index in [0.29, 0.717) is 21.6 Å². The maximum Gasteiger partial charge on any atom is 0.338 e. The molecule has 0 spiro atoms. The van der Waals surface area contributed by atoms with Gasteiger partial charge in [0, 0.05) is 10.5 Å². The second-order valence-electron chi connectivity index (χ2n) is 6.25. The van der Waals surface area contributed by atoms with Crippen LogP contribution in [0.2, 0.25) is 0 Å². The Balaban J connectivity index is 2.33. The molecule has 6 heteroatoms. The Kier molecular flexibility index (Phi) is 7.52. The molecule has 0 heterocycles. The van der Waals surface area contributed by atoms with Gasteiger partial charge >= 0.3 is 5.97 Å². The van der Waals surface area contributed by atoms with Crippen molar-refractivity contribution >= 4 is 27.6 Å². The molecular formula is C18H27BrN2O3. The van der Waals surface area contributed by atoms with Crippen molar-refractivity contribution in [3.05, 3.63) is 27.7 Å². The third-order valence-corrected chi connectivity index (χ3v) is 5.26. The van der Waals surface area contributed by atoms with Crippen LogP contribution >= 0.6 is 15.9 Å². The van der Waals surface area contributed by atoms with Gasteiger partial charge in [-0.1, -0.05) is 26.2 Å². The molecule has 4 N–H and O–H groups in total. The average molecular weight is 399 g/mol. The molecule has 1 unspecified atom stereocenters. The zero-order valence-corrected chi connectivity index (χ0v) is 15.8. The third-order valence-electron chi connectivity index (χ3n) is 4.60. The number of halogens is 1. The lowest BCUT2D eigenvalue weighted by Crippen LogP contribution is -2.30. The molecule has 1 aliphatic carbocycles. The van der Waals surface area contributed by atoms with E-state index in [2.05, 4.69) is 28.2 Å². The number of hydrogen-bond acceptors (Lipinski definition) is 5. The fourth-order valence-corrected chi connectivity index (χ4v) is 3.93. The van der Waals surface area contributed by atoms with Gasteiger partial charge in [0.2, 0.25) is 0 Å². The summed E-state index contributed by atoms with van der Waals surface area (Å²) in [7, 11) is 0. The first-order valence-electron chi connectivity index (χ1n) is 8.68. The molecule has 0 amide bonds. The number of nitrogens with one attached hydrogen (secondary N) is 1. The van der Waals surface area contributed by atoms with Crippen molar-refractivity contribution in [2.75, 3.05) is 25.5 Å². The molecule has 2 rings (SSSR count). The highest BCUT2D eigenvalue weighted by Gasteiger charge is 2.27. The summed E-state index contributed by atoms with van der Waals surface area (Å²) in [6.07, 6.45) is 6.13. The van der Waals surface area contributed by atoms with Crippen LogP contribution in [0, 0.1) is 5.92 Å². The van der Waals surface area contributed by atoms with E-state index >= 15 is 0 Å². The zero-order valence-electron chi connectivity index (χ0n) is 14.2. The van der Waals surface area contributed by atoms with Crippen LogP contribution in [0.25, 0.3) is 0 Å². The molecule has 0 aromatic heterocycles. The van der Waals surface area contributed by atoms with Gasteiger partial charge < -0.3 is 20.9 Å². The van der Waals surface area contributed by atoms with Crippen LogP contribution in [-0.2, 0) is 4.74 Å². The maximum absolute atomic E-state index is 12.2. The number of rotatable bonds is 7. The van der Waals surface area contributed by atoms with Gasteiger partial charge in [0.1, 0.15) is 6.61 Å². The molecule has 0 aliphatic heterocycles. The topological polar surface area (TPSA) is 84.6 Å². The van der Waals surface area contributed by atoms with Crippen molar-refractivity contribution in [1.82, 2.24) is 5.32 Å². The van der Waals surface area contributed by atoms with Crippen molar-refractivity contribution < 1.29 is 14.6 Å². The Hall–Kier alpha value is -1.11. The summed E-state index contributed by atoms with van der Waals surface area (Å²) in [5, 5.41) is 12.4. The summed E-state index contributed by atoms with van der Waals surface area (Å²) in [4.78, 5) is 12.2. The zero-order chi connectivity index (χ0) is 17.5. The molecule has 0 bridgehead atoms. The van der Waals surface area contributed by atoms with E-state index in [1.165, 1.54) is 32.1 Å². The van der Waals surface area contributed by atoms with Gasteiger partial charge in [-0.3, -0.25) is 0 Å². The molecule has 134 valence electrons. The summed E-state index contributed by atoms with van der Waals surface area (Å²) < 4.78 is 5.74. The first kappa shape index (κ1) is 19.2. The number of benzene rings is 1. The van der Waals surface area contributed by atoms with E-state index in [-0.39, 0.29) is 19.3 Å². The van der Waals surface area contributed by atoms with Gasteiger partial charge in [-0.2, -0.15) is 0 Å². The number of nitrogen functional groups attached to an aromatic ring is 1. The van der Waals surface area contributed by atoms with Crippen LogP contribution in [0.15, 0.2) is 16.6 Å². The fourth-order valence-electron chi connectivity index (χ4n) is 3.45. The predicted octanol–water partition coefficient (Wildman–Crippen LogP) is 3.41. The highest BCUT2D eigenvalue weighted by atomic mass is 79.9. The number of carbonyl (C=O) groups is 1. The number of esters is 1. The normalized spacial score (nSPS) is 16.8. The van der Waals surface area contributed by atoms with E-state index in [1.807, 2.05) is 6.07 Å². The Bertz CT molecular complexity index is 559. The van der Waals surface area contributed by atoms with Crippen LogP contribution in [0.4, 0.5) is 5.69 Å². The standard InChI is InChI=1S/C18H27BrN2O3/c1-2-21-17(12-6-4-3-5-7-12)14-10-13(11-15(19)16(14)20)18(23)24-9-8-22/h10-12,17,21-22H,2-9,20H2,1H3. The SMILES string of the molecule is CCNC(c1cc(C(=O)OCCO)cc(Br)c1N)C1CCCCC1. The summed E-state index contributed by atoms with van der Waals surface area (Å²) in [5.74, 6) is 0.0847. The van der Waals surface area contributed by atoms with Gasteiger partial charge in [-0.25, -0.2) is 4.79 Å². The monoisotopic (exact) mass is 398 g/mol. The molecule has 5 nitrogen and oxygen atoms in total. The maximum atomic E-state index is 12.2. The van der Waals surface area contributed by atoms with Crippen molar-refractivity contribution in [3.63, 3.8) is 0 Å². The fraction of sp³-hybridized carbons (Fsp3) is 0.611. The van der Waals surface area contributed by atoms with Crippen LogP contribution < -0.4 is 11.1 Å². The smallest absolute Gasteiger partial charge is 0.338 e. The average Bonchev–Trinajstić information content (AvgIpc) is 2.60. The molecule has 24 heavy (non-hydrogen) atoms. The number of nitrogens with two attached hydrogens (primary N) is 1. The van der Waals surface area contributed by atoms with Gasteiger partial charge in [0.05, 0.1) is 17.9 Å². The minimum absolute atomic E-state index is 0.00454. The van der Waals surface area contributed by atoms with Crippen molar-refractivity contribution in [3.8, 4) is 0 Å². The number of aliphatic hydroxyl groups is 1. The highest BCUT2D eigenvalue weighted by Crippen LogP contribution is 2.39. The molecule has 1 aliphatic rings. The Morgan fingerprint density at radius 1 is 1.42 bits per heavy atom. The Morgan fingerprint density at radius 3 is 2.75 bits per heavy atom. The summed E-state index contributed by atoms with van der Waals surface area (Å²) in [6.45, 7) is 2.74. The van der Waals surface area contributed by atoms with Crippen LogP contribution in [0.5, 0.6) is 0 Å². The van der Waals surface area contributed by atoms with Crippen LogP contribution in [-0.4, -0.2) is 30.8 Å². The molecule has 0 radical (unpaired) electrons. The first-order chi connectivity index (χ1) is 11.6. The Labute approximate surface area is 152 Å². The lowest BCUT2D eigenvalue weighted by molar-refractivity contribution is 0.0433. The second-order valence-corrected chi connectivity index (χ2v) is 7.11. The van der Waals surface area contributed by atoms with E-state index in [0.717, 1.165) is 12.1 Å². The molecule has 1 aromatic carbocycles. The van der Waals surface area contributed by atoms with E-state index in [9.17, 15) is 4.79 Å². The number of anilines is 1. The second kappa shape index (κ2) is 9.39. The number of carbonyl (C=O) groups excluding carboxylic acids is 1. The highest BCUT2D eigenvalue weighted by molar-refractivity contribution is 9.10. The number of aliphatic hydroxyl groups excluding tert-OH is 1. The van der Waals surface area contributed by atoms with Crippen LogP contribution in [0.3, 0.4) is 0 Å². The van der Waals surface area contributed by atoms with E-state index in [1.54, 1.807) is 6.07 Å². The molecule has 1 atom stereocenters. The van der Waals surface area contributed by atoms with Gasteiger partial charge in [-0.05, 0) is 58.9 Å². The first-order valence-corrected chi connectivity index (χ1v) is 9.48.